The highest BCUT2D eigenvalue weighted by atomic mass is 15.4. The summed E-state index contributed by atoms with van der Waals surface area (Å²) < 4.78 is 0. The first kappa shape index (κ1) is 11.9. The van der Waals surface area contributed by atoms with Crippen LogP contribution in [0.15, 0.2) is 0 Å². The normalized spacial score (nSPS) is 25.5. The van der Waals surface area contributed by atoms with Crippen molar-refractivity contribution in [3.05, 3.63) is 0 Å². The molecule has 14 heavy (non-hydrogen) atoms. The lowest BCUT2D eigenvalue weighted by atomic mass is 10.1. The van der Waals surface area contributed by atoms with E-state index in [9.17, 15) is 0 Å². The van der Waals surface area contributed by atoms with Crippen molar-refractivity contribution in [2.75, 3.05) is 32.7 Å². The maximum Gasteiger partial charge on any atom is 0.0285 e. The summed E-state index contributed by atoms with van der Waals surface area (Å²) in [5, 5.41) is 1.94. The van der Waals surface area contributed by atoms with E-state index in [4.69, 9.17) is 11.6 Å². The van der Waals surface area contributed by atoms with Gasteiger partial charge >= 0.3 is 0 Å². The Morgan fingerprint density at radius 1 is 1.36 bits per heavy atom. The molecule has 1 fully saturated rings. The second-order valence-electron chi connectivity index (χ2n) is 4.12. The smallest absolute Gasteiger partial charge is 0.0285 e. The van der Waals surface area contributed by atoms with Gasteiger partial charge in [-0.1, -0.05) is 19.8 Å². The molecule has 1 aliphatic heterocycles. The van der Waals surface area contributed by atoms with E-state index in [-0.39, 0.29) is 0 Å². The van der Waals surface area contributed by atoms with Crippen LogP contribution in [0.25, 0.3) is 0 Å². The fraction of sp³-hybridized carbons (Fsp3) is 1.00. The van der Waals surface area contributed by atoms with Crippen LogP contribution in [0.2, 0.25) is 0 Å². The summed E-state index contributed by atoms with van der Waals surface area (Å²) in [7, 11) is 0. The van der Waals surface area contributed by atoms with Crippen LogP contribution in [0.4, 0.5) is 0 Å². The van der Waals surface area contributed by atoms with Crippen molar-refractivity contribution in [3.8, 4) is 0 Å². The Morgan fingerprint density at radius 2 is 2.14 bits per heavy atom. The number of hydrogen-bond acceptors (Lipinski definition) is 4. The van der Waals surface area contributed by atoms with Crippen molar-refractivity contribution < 1.29 is 0 Å². The number of nitrogens with two attached hydrogens (primary N) is 2. The number of rotatable bonds is 5. The van der Waals surface area contributed by atoms with Crippen molar-refractivity contribution in [1.82, 2.24) is 9.91 Å². The monoisotopic (exact) mass is 200 g/mol. The number of hydrogen-bond donors (Lipinski definition) is 2. The minimum Gasteiger partial charge on any atom is -0.329 e. The SMILES string of the molecule is CCCCC1CN(N)CCN1CCN. The molecule has 1 atom stereocenters. The quantitative estimate of drug-likeness (QED) is 0.613. The Balaban J connectivity index is 2.37. The molecular weight excluding hydrogens is 176 g/mol. The minimum absolute atomic E-state index is 0.622. The zero-order valence-electron chi connectivity index (χ0n) is 9.28. The molecule has 4 N–H and O–H groups in total. The van der Waals surface area contributed by atoms with Gasteiger partial charge in [0.25, 0.3) is 0 Å². The highest BCUT2D eigenvalue weighted by Gasteiger charge is 2.23. The van der Waals surface area contributed by atoms with Gasteiger partial charge < -0.3 is 5.73 Å². The van der Waals surface area contributed by atoms with Crippen LogP contribution < -0.4 is 11.6 Å². The molecular formula is C10H24N4. The average molecular weight is 200 g/mol. The highest BCUT2D eigenvalue weighted by molar-refractivity contribution is 4.79. The molecule has 0 spiro atoms. The summed E-state index contributed by atoms with van der Waals surface area (Å²) in [5.74, 6) is 5.83. The van der Waals surface area contributed by atoms with Crippen molar-refractivity contribution in [2.24, 2.45) is 11.6 Å². The lowest BCUT2D eigenvalue weighted by Gasteiger charge is -2.39. The molecule has 0 saturated carbocycles. The van der Waals surface area contributed by atoms with E-state index in [1.54, 1.807) is 0 Å². The van der Waals surface area contributed by atoms with Gasteiger partial charge in [-0.15, -0.1) is 0 Å². The third kappa shape index (κ3) is 3.53. The van der Waals surface area contributed by atoms with Crippen molar-refractivity contribution in [2.45, 2.75) is 32.2 Å². The summed E-state index contributed by atoms with van der Waals surface area (Å²) >= 11 is 0. The predicted octanol–water partition coefficient (Wildman–Crippen LogP) is -0.00480. The molecule has 84 valence electrons. The van der Waals surface area contributed by atoms with Gasteiger partial charge in [-0.2, -0.15) is 0 Å². The van der Waals surface area contributed by atoms with Crippen LogP contribution in [-0.2, 0) is 0 Å². The molecule has 1 unspecified atom stereocenters. The van der Waals surface area contributed by atoms with Gasteiger partial charge in [-0.3, -0.25) is 10.7 Å². The number of piperazine rings is 1. The van der Waals surface area contributed by atoms with Gasteiger partial charge in [0, 0.05) is 38.8 Å². The fourth-order valence-electron chi connectivity index (χ4n) is 2.09. The van der Waals surface area contributed by atoms with Gasteiger partial charge in [0.05, 0.1) is 0 Å². The summed E-state index contributed by atoms with van der Waals surface area (Å²) in [4.78, 5) is 2.49. The van der Waals surface area contributed by atoms with Crippen LogP contribution in [0, 0.1) is 0 Å². The van der Waals surface area contributed by atoms with Crippen molar-refractivity contribution in [1.29, 1.82) is 0 Å². The van der Waals surface area contributed by atoms with Crippen molar-refractivity contribution >= 4 is 0 Å². The summed E-state index contributed by atoms with van der Waals surface area (Å²) in [5.41, 5.74) is 5.60. The fourth-order valence-corrected chi connectivity index (χ4v) is 2.09. The molecule has 0 radical (unpaired) electrons. The van der Waals surface area contributed by atoms with Crippen LogP contribution >= 0.6 is 0 Å². The van der Waals surface area contributed by atoms with Crippen molar-refractivity contribution in [3.63, 3.8) is 0 Å². The number of hydrazine groups is 1. The van der Waals surface area contributed by atoms with E-state index in [2.05, 4.69) is 11.8 Å². The Hall–Kier alpha value is -0.160. The molecule has 0 aromatic carbocycles. The first-order valence-corrected chi connectivity index (χ1v) is 5.71. The lowest BCUT2D eigenvalue weighted by Crippen LogP contribution is -2.56. The third-order valence-corrected chi connectivity index (χ3v) is 2.94. The standard InChI is InChI=1S/C10H24N4/c1-2-3-4-10-9-14(12)8-7-13(10)6-5-11/h10H,2-9,11-12H2,1H3. The lowest BCUT2D eigenvalue weighted by molar-refractivity contribution is 0.0710. The first-order valence-electron chi connectivity index (χ1n) is 5.71. The molecule has 0 aromatic heterocycles. The van der Waals surface area contributed by atoms with Crippen LogP contribution in [0.5, 0.6) is 0 Å². The third-order valence-electron chi connectivity index (χ3n) is 2.94. The summed E-state index contributed by atoms with van der Waals surface area (Å²) in [6, 6.07) is 0.622. The van der Waals surface area contributed by atoms with E-state index in [1.165, 1.54) is 19.3 Å². The van der Waals surface area contributed by atoms with Crippen LogP contribution in [0.3, 0.4) is 0 Å². The molecule has 1 saturated heterocycles. The van der Waals surface area contributed by atoms with Crippen LogP contribution in [-0.4, -0.2) is 48.7 Å². The topological polar surface area (TPSA) is 58.5 Å². The van der Waals surface area contributed by atoms with Gasteiger partial charge in [-0.25, -0.2) is 5.01 Å². The van der Waals surface area contributed by atoms with E-state index < -0.39 is 0 Å². The largest absolute Gasteiger partial charge is 0.329 e. The molecule has 0 aromatic rings. The molecule has 0 bridgehead atoms. The van der Waals surface area contributed by atoms with E-state index >= 15 is 0 Å². The van der Waals surface area contributed by atoms with E-state index in [0.29, 0.717) is 6.04 Å². The Morgan fingerprint density at radius 3 is 2.79 bits per heavy atom. The van der Waals surface area contributed by atoms with E-state index in [1.807, 2.05) is 5.01 Å². The Kier molecular flexibility index (Phi) is 5.40. The minimum atomic E-state index is 0.622. The molecule has 1 heterocycles. The second kappa shape index (κ2) is 6.35. The number of unbranched alkanes of at least 4 members (excludes halogenated alkanes) is 1. The highest BCUT2D eigenvalue weighted by Crippen LogP contribution is 2.13. The molecule has 1 rings (SSSR count). The zero-order chi connectivity index (χ0) is 10.4. The average Bonchev–Trinajstić information content (AvgIpc) is 2.18. The van der Waals surface area contributed by atoms with E-state index in [0.717, 1.165) is 32.7 Å². The summed E-state index contributed by atoms with van der Waals surface area (Å²) in [6.45, 7) is 7.05. The second-order valence-corrected chi connectivity index (χ2v) is 4.12. The molecule has 0 aliphatic carbocycles. The van der Waals surface area contributed by atoms with Gasteiger partial charge in [0.1, 0.15) is 0 Å². The molecule has 0 amide bonds. The van der Waals surface area contributed by atoms with Gasteiger partial charge in [-0.05, 0) is 6.42 Å². The molecule has 4 heteroatoms. The zero-order valence-corrected chi connectivity index (χ0v) is 9.28. The molecule has 4 nitrogen and oxygen atoms in total. The first-order chi connectivity index (χ1) is 6.77. The predicted molar refractivity (Wildman–Crippen MR) is 59.7 cm³/mol. The molecule has 1 aliphatic rings. The Labute approximate surface area is 87.2 Å². The maximum atomic E-state index is 5.83. The Bertz CT molecular complexity index is 151. The van der Waals surface area contributed by atoms with Gasteiger partial charge in [0.2, 0.25) is 0 Å². The maximum absolute atomic E-state index is 5.83. The van der Waals surface area contributed by atoms with Crippen LogP contribution in [0.1, 0.15) is 26.2 Å². The summed E-state index contributed by atoms with van der Waals surface area (Å²) in [6.07, 6.45) is 3.81. The van der Waals surface area contributed by atoms with Gasteiger partial charge in [0.15, 0.2) is 0 Å². The number of nitrogens with zero attached hydrogens (tertiary/aromatic N) is 2.